The van der Waals surface area contributed by atoms with Gasteiger partial charge >= 0.3 is 0 Å². The van der Waals surface area contributed by atoms with Gasteiger partial charge in [0.1, 0.15) is 11.5 Å². The number of hydrogen-bond donors (Lipinski definition) is 0. The van der Waals surface area contributed by atoms with Crippen molar-refractivity contribution in [3.8, 4) is 17.2 Å². The van der Waals surface area contributed by atoms with E-state index < -0.39 is 6.10 Å². The highest BCUT2D eigenvalue weighted by atomic mass is 16.5. The lowest BCUT2D eigenvalue weighted by Gasteiger charge is -2.37. The van der Waals surface area contributed by atoms with Gasteiger partial charge in [0.05, 0.1) is 25.4 Å². The Kier molecular flexibility index (Phi) is 5.36. The Morgan fingerprint density at radius 3 is 2.50 bits per heavy atom. The average molecular weight is 433 g/mol. The van der Waals surface area contributed by atoms with Crippen LogP contribution in [-0.2, 0) is 9.53 Å². The molecule has 0 radical (unpaired) electrons. The maximum Gasteiger partial charge on any atom is 0.280 e. The molecule has 164 valence electrons. The number of carbonyl (C=O) groups is 2. The predicted molar refractivity (Wildman–Crippen MR) is 117 cm³/mol. The van der Waals surface area contributed by atoms with Gasteiger partial charge in [-0.15, -0.1) is 0 Å². The molecule has 3 heterocycles. The third kappa shape index (κ3) is 3.73. The van der Waals surface area contributed by atoms with E-state index in [1.807, 2.05) is 42.5 Å². The summed E-state index contributed by atoms with van der Waals surface area (Å²) in [5.41, 5.74) is 1.61. The van der Waals surface area contributed by atoms with E-state index in [0.29, 0.717) is 49.4 Å². The number of anilines is 1. The van der Waals surface area contributed by atoms with Crippen molar-refractivity contribution >= 4 is 17.5 Å². The number of carbonyl (C=O) groups excluding carboxylic acids is 2. The van der Waals surface area contributed by atoms with Gasteiger partial charge in [0.25, 0.3) is 11.8 Å². The third-order valence-corrected chi connectivity index (χ3v) is 5.64. The summed E-state index contributed by atoms with van der Waals surface area (Å²) >= 11 is 0. The zero-order valence-electron chi connectivity index (χ0n) is 17.7. The highest BCUT2D eigenvalue weighted by molar-refractivity contribution is 6.07. The number of rotatable bonds is 3. The van der Waals surface area contributed by atoms with Crippen LogP contribution in [0.1, 0.15) is 16.2 Å². The van der Waals surface area contributed by atoms with Crippen molar-refractivity contribution in [2.75, 3.05) is 37.7 Å². The largest absolute Gasteiger partial charge is 0.476 e. The molecule has 2 aliphatic heterocycles. The molecular formula is C24H23N3O5. The molecule has 8 heteroatoms. The number of oxazole rings is 1. The van der Waals surface area contributed by atoms with E-state index in [1.165, 1.54) is 0 Å². The minimum Gasteiger partial charge on any atom is -0.476 e. The first-order valence-electron chi connectivity index (χ1n) is 10.6. The topological polar surface area (TPSA) is 85.1 Å². The number of para-hydroxylation sites is 2. The number of fused-ring (bicyclic) bond motifs is 1. The Bertz CT molecular complexity index is 1140. The third-order valence-electron chi connectivity index (χ3n) is 5.64. The summed E-state index contributed by atoms with van der Waals surface area (Å²) in [6, 6.07) is 16.6. The highest BCUT2D eigenvalue weighted by Gasteiger charge is 2.38. The number of aromatic nitrogens is 1. The second kappa shape index (κ2) is 8.47. The van der Waals surface area contributed by atoms with E-state index in [2.05, 4.69) is 4.98 Å². The minimum absolute atomic E-state index is 0.0962. The Morgan fingerprint density at radius 2 is 1.72 bits per heavy atom. The molecule has 2 aliphatic rings. The highest BCUT2D eigenvalue weighted by Crippen LogP contribution is 2.35. The second-order valence-electron chi connectivity index (χ2n) is 7.72. The van der Waals surface area contributed by atoms with Crippen molar-refractivity contribution in [1.29, 1.82) is 0 Å². The second-order valence-corrected chi connectivity index (χ2v) is 7.72. The van der Waals surface area contributed by atoms with Crippen LogP contribution in [0.25, 0.3) is 11.5 Å². The summed E-state index contributed by atoms with van der Waals surface area (Å²) in [6.07, 6.45) is -0.798. The minimum atomic E-state index is -0.798. The van der Waals surface area contributed by atoms with Crippen LogP contribution in [0.3, 0.4) is 0 Å². The summed E-state index contributed by atoms with van der Waals surface area (Å²) in [5.74, 6) is 0.817. The van der Waals surface area contributed by atoms with Crippen LogP contribution in [0.2, 0.25) is 0 Å². The van der Waals surface area contributed by atoms with Crippen molar-refractivity contribution in [1.82, 2.24) is 9.88 Å². The number of hydrogen-bond acceptors (Lipinski definition) is 6. The van der Waals surface area contributed by atoms with Crippen molar-refractivity contribution in [3.63, 3.8) is 0 Å². The van der Waals surface area contributed by atoms with Crippen LogP contribution >= 0.6 is 0 Å². The van der Waals surface area contributed by atoms with Gasteiger partial charge in [0.2, 0.25) is 5.89 Å². The molecular weight excluding hydrogens is 410 g/mol. The van der Waals surface area contributed by atoms with E-state index >= 15 is 0 Å². The van der Waals surface area contributed by atoms with Crippen molar-refractivity contribution in [2.45, 2.75) is 13.0 Å². The summed E-state index contributed by atoms with van der Waals surface area (Å²) in [6.45, 7) is 3.83. The molecule has 2 amide bonds. The van der Waals surface area contributed by atoms with Gasteiger partial charge in [-0.2, -0.15) is 0 Å². The van der Waals surface area contributed by atoms with Gasteiger partial charge in [0.15, 0.2) is 11.8 Å². The van der Waals surface area contributed by atoms with Crippen LogP contribution in [0.15, 0.2) is 59.0 Å². The number of nitrogens with zero attached hydrogens (tertiary/aromatic N) is 3. The van der Waals surface area contributed by atoms with E-state index in [1.54, 1.807) is 28.9 Å². The fourth-order valence-corrected chi connectivity index (χ4v) is 3.97. The Balaban J connectivity index is 1.46. The summed E-state index contributed by atoms with van der Waals surface area (Å²) in [4.78, 5) is 34.4. The Labute approximate surface area is 185 Å². The molecule has 1 atom stereocenters. The lowest BCUT2D eigenvalue weighted by atomic mass is 10.1. The molecule has 1 fully saturated rings. The van der Waals surface area contributed by atoms with Crippen LogP contribution in [-0.4, -0.2) is 60.7 Å². The maximum atomic E-state index is 13.6. The van der Waals surface area contributed by atoms with Crippen molar-refractivity contribution in [3.05, 3.63) is 66.1 Å². The van der Waals surface area contributed by atoms with Crippen LogP contribution in [0.5, 0.6) is 5.75 Å². The van der Waals surface area contributed by atoms with E-state index in [4.69, 9.17) is 13.9 Å². The van der Waals surface area contributed by atoms with Crippen LogP contribution < -0.4 is 9.64 Å². The average Bonchev–Trinajstić information content (AvgIpc) is 3.25. The SMILES string of the molecule is Cc1oc(-c2ccccc2)nc1C(=O)N1CC(C(=O)N2CCOCC2)Oc2ccccc21. The zero-order chi connectivity index (χ0) is 22.1. The van der Waals surface area contributed by atoms with E-state index in [9.17, 15) is 9.59 Å². The molecule has 5 rings (SSSR count). The molecule has 1 unspecified atom stereocenters. The molecule has 0 spiro atoms. The lowest BCUT2D eigenvalue weighted by molar-refractivity contribution is -0.142. The van der Waals surface area contributed by atoms with Gasteiger partial charge in [-0.25, -0.2) is 4.98 Å². The summed E-state index contributed by atoms with van der Waals surface area (Å²) in [7, 11) is 0. The maximum absolute atomic E-state index is 13.6. The number of benzene rings is 2. The molecule has 32 heavy (non-hydrogen) atoms. The van der Waals surface area contributed by atoms with Crippen LogP contribution in [0.4, 0.5) is 5.69 Å². The molecule has 0 saturated carbocycles. The fraction of sp³-hybridized carbons (Fsp3) is 0.292. The van der Waals surface area contributed by atoms with Gasteiger partial charge in [-0.1, -0.05) is 30.3 Å². The Hall–Kier alpha value is -3.65. The van der Waals surface area contributed by atoms with Crippen molar-refractivity contribution in [2.24, 2.45) is 0 Å². The Morgan fingerprint density at radius 1 is 1.00 bits per heavy atom. The lowest BCUT2D eigenvalue weighted by Crippen LogP contribution is -2.54. The van der Waals surface area contributed by atoms with Crippen molar-refractivity contribution < 1.29 is 23.5 Å². The first-order valence-corrected chi connectivity index (χ1v) is 10.6. The zero-order valence-corrected chi connectivity index (χ0v) is 17.7. The number of morpholine rings is 1. The number of aryl methyl sites for hydroxylation is 1. The first kappa shape index (κ1) is 20.3. The van der Waals surface area contributed by atoms with E-state index in [0.717, 1.165) is 5.56 Å². The fourth-order valence-electron chi connectivity index (χ4n) is 3.97. The molecule has 0 aliphatic carbocycles. The predicted octanol–water partition coefficient (Wildman–Crippen LogP) is 2.92. The van der Waals surface area contributed by atoms with Gasteiger partial charge in [-0.05, 0) is 31.2 Å². The van der Waals surface area contributed by atoms with Gasteiger partial charge in [0, 0.05) is 18.7 Å². The molecule has 2 aromatic carbocycles. The molecule has 8 nitrogen and oxygen atoms in total. The van der Waals surface area contributed by atoms with E-state index in [-0.39, 0.29) is 24.1 Å². The van der Waals surface area contributed by atoms with Crippen LogP contribution in [0, 0.1) is 6.92 Å². The number of ether oxygens (including phenoxy) is 2. The molecule has 3 aromatic rings. The molecule has 0 bridgehead atoms. The molecule has 0 N–H and O–H groups in total. The van der Waals surface area contributed by atoms with Gasteiger partial charge < -0.3 is 18.8 Å². The quantitative estimate of drug-likeness (QED) is 0.632. The summed E-state index contributed by atoms with van der Waals surface area (Å²) < 4.78 is 17.1. The monoisotopic (exact) mass is 433 g/mol. The van der Waals surface area contributed by atoms with Gasteiger partial charge in [-0.3, -0.25) is 14.5 Å². The molecule has 1 aromatic heterocycles. The first-order chi connectivity index (χ1) is 15.6. The standard InChI is InChI=1S/C24H23N3O5/c1-16-21(25-22(31-16)17-7-3-2-4-8-17)24(29)27-15-20(23(28)26-11-13-30-14-12-26)32-19-10-6-5-9-18(19)27/h2-10,20H,11-15H2,1H3. The number of amides is 2. The summed E-state index contributed by atoms with van der Waals surface area (Å²) in [5, 5.41) is 0. The normalized spacial score (nSPS) is 18.1. The molecule has 1 saturated heterocycles. The smallest absolute Gasteiger partial charge is 0.280 e.